The average Bonchev–Trinajstić information content (AvgIpc) is 3.23. The van der Waals surface area contributed by atoms with Crippen LogP contribution < -0.4 is 14.9 Å². The van der Waals surface area contributed by atoms with Crippen LogP contribution in [0.4, 0.5) is 10.5 Å². The second kappa shape index (κ2) is 8.87. The van der Waals surface area contributed by atoms with Crippen LogP contribution in [0.3, 0.4) is 0 Å². The predicted octanol–water partition coefficient (Wildman–Crippen LogP) is 4.45. The van der Waals surface area contributed by atoms with E-state index in [2.05, 4.69) is 16.1 Å². The Labute approximate surface area is 190 Å². The molecule has 5 rings (SSSR count). The first-order valence-corrected chi connectivity index (χ1v) is 13.3. The van der Waals surface area contributed by atoms with E-state index in [1.807, 2.05) is 18.2 Å². The Kier molecular flexibility index (Phi) is 5.95. The molecule has 6 nitrogen and oxygen atoms in total. The summed E-state index contributed by atoms with van der Waals surface area (Å²) in [5.74, 6) is 0. The lowest BCUT2D eigenvalue weighted by molar-refractivity contribution is 0.238. The number of carbonyl (C=O) groups is 1. The monoisotopic (exact) mass is 453 g/mol. The van der Waals surface area contributed by atoms with Gasteiger partial charge in [-0.1, -0.05) is 43.5 Å². The van der Waals surface area contributed by atoms with E-state index in [-0.39, 0.29) is 23.0 Å². The van der Waals surface area contributed by atoms with Gasteiger partial charge in [-0.05, 0) is 73.4 Å². The summed E-state index contributed by atoms with van der Waals surface area (Å²) in [6, 6.07) is 13.2. The molecular weight excluding hydrogens is 422 g/mol. The third-order valence-electron chi connectivity index (χ3n) is 7.10. The molecule has 3 aliphatic rings. The minimum absolute atomic E-state index is 0.0665. The number of nitrogens with one attached hydrogen (secondary N) is 2. The van der Waals surface area contributed by atoms with Gasteiger partial charge in [0.15, 0.2) is 0 Å². The number of rotatable bonds is 4. The predicted molar refractivity (Wildman–Crippen MR) is 125 cm³/mol. The minimum atomic E-state index is -3.65. The third kappa shape index (κ3) is 4.28. The summed E-state index contributed by atoms with van der Waals surface area (Å²) in [7, 11) is -3.65. The highest BCUT2D eigenvalue weighted by Gasteiger charge is 2.30. The first-order chi connectivity index (χ1) is 15.5. The van der Waals surface area contributed by atoms with Crippen molar-refractivity contribution in [2.45, 2.75) is 74.8 Å². The molecule has 0 saturated heterocycles. The molecule has 2 aliphatic carbocycles. The lowest BCUT2D eigenvalue weighted by Crippen LogP contribution is -2.45. The molecule has 1 unspecified atom stereocenters. The number of amides is 2. The van der Waals surface area contributed by atoms with E-state index >= 15 is 0 Å². The summed E-state index contributed by atoms with van der Waals surface area (Å²) >= 11 is 0. The Morgan fingerprint density at radius 2 is 1.72 bits per heavy atom. The lowest BCUT2D eigenvalue weighted by Gasteiger charge is -2.27. The van der Waals surface area contributed by atoms with Gasteiger partial charge in [-0.25, -0.2) is 17.9 Å². The molecule has 1 aliphatic heterocycles. The molecule has 2 amide bonds. The second-order valence-electron chi connectivity index (χ2n) is 9.24. The normalized spacial score (nSPS) is 21.1. The molecular formula is C25H31N3O3S. The molecule has 1 atom stereocenters. The zero-order valence-electron chi connectivity index (χ0n) is 18.3. The number of urea groups is 1. The van der Waals surface area contributed by atoms with E-state index in [1.165, 1.54) is 24.8 Å². The Morgan fingerprint density at radius 1 is 0.906 bits per heavy atom. The maximum atomic E-state index is 13.2. The zero-order chi connectivity index (χ0) is 22.1. The van der Waals surface area contributed by atoms with Crippen LogP contribution in [0.1, 0.15) is 67.7 Å². The highest BCUT2D eigenvalue weighted by Crippen LogP contribution is 2.33. The molecule has 1 fully saturated rings. The molecule has 2 N–H and O–H groups in total. The van der Waals surface area contributed by atoms with E-state index in [4.69, 9.17) is 0 Å². The first kappa shape index (κ1) is 21.5. The van der Waals surface area contributed by atoms with Gasteiger partial charge in [0.1, 0.15) is 0 Å². The van der Waals surface area contributed by atoms with Crippen LogP contribution in [0.25, 0.3) is 0 Å². The Morgan fingerprint density at radius 3 is 2.56 bits per heavy atom. The van der Waals surface area contributed by atoms with Crippen LogP contribution in [0, 0.1) is 0 Å². The molecule has 1 saturated carbocycles. The summed E-state index contributed by atoms with van der Waals surface area (Å²) in [6.45, 7) is 0.584. The largest absolute Gasteiger partial charge is 0.335 e. The van der Waals surface area contributed by atoms with Crippen molar-refractivity contribution in [1.29, 1.82) is 0 Å². The number of aryl methyl sites for hydroxylation is 1. The smallest absolute Gasteiger partial charge is 0.322 e. The number of hydrogen-bond donors (Lipinski definition) is 2. The fourth-order valence-corrected chi connectivity index (χ4v) is 6.69. The fraction of sp³-hybridized carbons (Fsp3) is 0.480. The molecule has 32 heavy (non-hydrogen) atoms. The average molecular weight is 454 g/mol. The van der Waals surface area contributed by atoms with Crippen molar-refractivity contribution >= 4 is 21.7 Å². The van der Waals surface area contributed by atoms with Gasteiger partial charge in [-0.3, -0.25) is 4.90 Å². The Hall–Kier alpha value is -2.38. The lowest BCUT2D eigenvalue weighted by atomic mass is 9.88. The number of benzene rings is 2. The molecule has 2 aromatic rings. The maximum absolute atomic E-state index is 13.2. The van der Waals surface area contributed by atoms with Crippen LogP contribution in [-0.4, -0.2) is 27.0 Å². The van der Waals surface area contributed by atoms with Crippen molar-refractivity contribution < 1.29 is 13.2 Å². The Bertz CT molecular complexity index is 1110. The van der Waals surface area contributed by atoms with Crippen molar-refractivity contribution in [3.63, 3.8) is 0 Å². The van der Waals surface area contributed by atoms with Crippen LogP contribution in [-0.2, 0) is 22.9 Å². The van der Waals surface area contributed by atoms with Gasteiger partial charge < -0.3 is 5.32 Å². The number of nitrogens with zero attached hydrogens (tertiary/aromatic N) is 1. The molecule has 1 heterocycles. The minimum Gasteiger partial charge on any atom is -0.335 e. The number of anilines is 1. The number of sulfonamides is 1. The molecule has 0 bridgehead atoms. The van der Waals surface area contributed by atoms with Gasteiger partial charge in [0.05, 0.1) is 4.90 Å². The second-order valence-corrected chi connectivity index (χ2v) is 11.0. The SMILES string of the molecule is O=C(NC1CCCCC1)N1CCc2cc(S(=O)(=O)NC3CCCc4ccccc43)ccc21. The quantitative estimate of drug-likeness (QED) is 0.718. The van der Waals surface area contributed by atoms with Gasteiger partial charge in [-0.2, -0.15) is 0 Å². The number of fused-ring (bicyclic) bond motifs is 2. The number of carbonyl (C=O) groups excluding carboxylic acids is 1. The van der Waals surface area contributed by atoms with Gasteiger partial charge in [-0.15, -0.1) is 0 Å². The van der Waals surface area contributed by atoms with Crippen LogP contribution in [0.15, 0.2) is 47.4 Å². The van der Waals surface area contributed by atoms with Crippen LogP contribution in [0.5, 0.6) is 0 Å². The van der Waals surface area contributed by atoms with Crippen LogP contribution >= 0.6 is 0 Å². The van der Waals surface area contributed by atoms with E-state index in [0.29, 0.717) is 13.0 Å². The van der Waals surface area contributed by atoms with Crippen molar-refractivity contribution in [3.8, 4) is 0 Å². The van der Waals surface area contributed by atoms with Crippen molar-refractivity contribution in [2.75, 3.05) is 11.4 Å². The highest BCUT2D eigenvalue weighted by atomic mass is 32.2. The van der Waals surface area contributed by atoms with Gasteiger partial charge in [0.25, 0.3) is 0 Å². The van der Waals surface area contributed by atoms with Crippen molar-refractivity contribution in [2.24, 2.45) is 0 Å². The van der Waals surface area contributed by atoms with E-state index in [0.717, 1.165) is 48.9 Å². The molecule has 0 aromatic heterocycles. The van der Waals surface area contributed by atoms with Crippen molar-refractivity contribution in [3.05, 3.63) is 59.2 Å². The maximum Gasteiger partial charge on any atom is 0.322 e. The molecule has 0 radical (unpaired) electrons. The van der Waals surface area contributed by atoms with Gasteiger partial charge in [0, 0.05) is 24.3 Å². The van der Waals surface area contributed by atoms with E-state index in [9.17, 15) is 13.2 Å². The highest BCUT2D eigenvalue weighted by molar-refractivity contribution is 7.89. The third-order valence-corrected chi connectivity index (χ3v) is 8.57. The fourth-order valence-electron chi connectivity index (χ4n) is 5.39. The van der Waals surface area contributed by atoms with Crippen LogP contribution in [0.2, 0.25) is 0 Å². The summed E-state index contributed by atoms with van der Waals surface area (Å²) < 4.78 is 29.3. The Balaban J connectivity index is 1.31. The molecule has 170 valence electrons. The van der Waals surface area contributed by atoms with Crippen molar-refractivity contribution in [1.82, 2.24) is 10.0 Å². The van der Waals surface area contributed by atoms with E-state index in [1.54, 1.807) is 23.1 Å². The summed E-state index contributed by atoms with van der Waals surface area (Å²) in [5, 5.41) is 3.17. The molecule has 2 aromatic carbocycles. The standard InChI is InChI=1S/C25H31N3O3S/c29-25(26-20-9-2-1-3-10-20)28-16-15-19-17-21(13-14-24(19)28)32(30,31)27-23-12-6-8-18-7-4-5-11-22(18)23/h4-5,7,11,13-14,17,20,23,27H,1-3,6,8-10,12,15-16H2,(H,26,29). The summed E-state index contributed by atoms with van der Waals surface area (Å²) in [5.41, 5.74) is 4.03. The zero-order valence-corrected chi connectivity index (χ0v) is 19.2. The topological polar surface area (TPSA) is 78.5 Å². The summed E-state index contributed by atoms with van der Waals surface area (Å²) in [4.78, 5) is 14.8. The van der Waals surface area contributed by atoms with E-state index < -0.39 is 10.0 Å². The summed E-state index contributed by atoms with van der Waals surface area (Å²) in [6.07, 6.45) is 9.10. The van der Waals surface area contributed by atoms with Gasteiger partial charge in [0.2, 0.25) is 10.0 Å². The molecule has 0 spiro atoms. The first-order valence-electron chi connectivity index (χ1n) is 11.8. The number of hydrogen-bond acceptors (Lipinski definition) is 3. The molecule has 7 heteroatoms. The van der Waals surface area contributed by atoms with Gasteiger partial charge >= 0.3 is 6.03 Å².